The summed E-state index contributed by atoms with van der Waals surface area (Å²) in [6, 6.07) is 0. The van der Waals surface area contributed by atoms with Crippen molar-refractivity contribution in [3.63, 3.8) is 0 Å². The van der Waals surface area contributed by atoms with Crippen molar-refractivity contribution in [3.8, 4) is 0 Å². The summed E-state index contributed by atoms with van der Waals surface area (Å²) in [6.07, 6.45) is 11.0. The largest absolute Gasteiger partial charge is 0.451 e. The molecule has 0 saturated heterocycles. The molecule has 0 bridgehead atoms. The molecular formula is C22H28O4. The van der Waals surface area contributed by atoms with E-state index >= 15 is 0 Å². The fourth-order valence-electron chi connectivity index (χ4n) is 7.40. The van der Waals surface area contributed by atoms with Crippen molar-refractivity contribution in [2.45, 2.75) is 63.9 Å². The second-order valence-electron chi connectivity index (χ2n) is 9.42. The summed E-state index contributed by atoms with van der Waals surface area (Å²) in [6.45, 7) is 2.41. The zero-order chi connectivity index (χ0) is 18.1. The molecule has 5 rings (SSSR count). The number of fused-ring (bicyclic) bond motifs is 6. The topological polar surface area (TPSA) is 63.6 Å². The van der Waals surface area contributed by atoms with E-state index in [-0.39, 0.29) is 18.0 Å². The number of allylic oxidation sites excluding steroid dienone is 1. The molecule has 140 valence electrons. The predicted octanol–water partition coefficient (Wildman–Crippen LogP) is 3.34. The third-order valence-corrected chi connectivity index (χ3v) is 8.66. The Morgan fingerprint density at radius 3 is 2.77 bits per heavy atom. The van der Waals surface area contributed by atoms with E-state index in [0.29, 0.717) is 42.3 Å². The second-order valence-corrected chi connectivity index (χ2v) is 9.42. The normalized spacial score (nSPS) is 47.0. The smallest absolute Gasteiger partial charge is 0.331 e. The average molecular weight is 356 g/mol. The van der Waals surface area contributed by atoms with Gasteiger partial charge in [-0.3, -0.25) is 4.79 Å². The average Bonchev–Trinajstić information content (AvgIpc) is 3.15. The molecule has 5 aliphatic rings. The van der Waals surface area contributed by atoms with Crippen LogP contribution in [0.25, 0.3) is 0 Å². The van der Waals surface area contributed by atoms with E-state index < -0.39 is 5.60 Å². The maximum Gasteiger partial charge on any atom is 0.331 e. The summed E-state index contributed by atoms with van der Waals surface area (Å²) in [4.78, 5) is 23.8. The Morgan fingerprint density at radius 2 is 2.04 bits per heavy atom. The number of carbonyl (C=O) groups excluding carboxylic acids is 2. The highest BCUT2D eigenvalue weighted by atomic mass is 16.6. The molecular weight excluding hydrogens is 328 g/mol. The molecule has 3 saturated carbocycles. The molecule has 4 nitrogen and oxygen atoms in total. The van der Waals surface area contributed by atoms with Gasteiger partial charge in [0.05, 0.1) is 6.61 Å². The Hall–Kier alpha value is -1.42. The lowest BCUT2D eigenvalue weighted by molar-refractivity contribution is -0.160. The molecule has 1 N–H and O–H groups in total. The highest BCUT2D eigenvalue weighted by Crippen LogP contribution is 2.66. The van der Waals surface area contributed by atoms with Crippen LogP contribution in [-0.4, -0.2) is 29.1 Å². The van der Waals surface area contributed by atoms with Crippen LogP contribution in [0.3, 0.4) is 0 Å². The first-order valence-corrected chi connectivity index (χ1v) is 10.2. The van der Waals surface area contributed by atoms with Crippen LogP contribution in [0.2, 0.25) is 0 Å². The molecule has 0 aromatic rings. The minimum Gasteiger partial charge on any atom is -0.451 e. The number of hydrogen-bond donors (Lipinski definition) is 1. The molecule has 1 heterocycles. The van der Waals surface area contributed by atoms with Gasteiger partial charge in [-0.25, -0.2) is 4.79 Å². The van der Waals surface area contributed by atoms with Crippen LogP contribution in [-0.2, 0) is 14.3 Å². The Kier molecular flexibility index (Phi) is 3.57. The Bertz CT molecular complexity index is 734. The first-order valence-electron chi connectivity index (χ1n) is 10.2. The van der Waals surface area contributed by atoms with E-state index in [1.807, 2.05) is 6.08 Å². The van der Waals surface area contributed by atoms with Crippen molar-refractivity contribution >= 4 is 11.8 Å². The van der Waals surface area contributed by atoms with E-state index in [9.17, 15) is 14.7 Å². The van der Waals surface area contributed by atoms with E-state index in [4.69, 9.17) is 4.74 Å². The third-order valence-electron chi connectivity index (χ3n) is 8.66. The first-order chi connectivity index (χ1) is 12.5. The molecule has 0 radical (unpaired) electrons. The van der Waals surface area contributed by atoms with Crippen molar-refractivity contribution < 1.29 is 19.4 Å². The summed E-state index contributed by atoms with van der Waals surface area (Å²) in [5.74, 6) is 2.33. The SMILES string of the molecule is C[C@]12CC[C@H]3[C@@H](CC(CO)=C4CC(=O)CC[C@@H]43)[C@@H]1CC[C@@]21C=CC(=O)O1. The van der Waals surface area contributed by atoms with E-state index in [0.717, 1.165) is 44.1 Å². The lowest BCUT2D eigenvalue weighted by Crippen LogP contribution is -2.52. The van der Waals surface area contributed by atoms with Crippen LogP contribution in [0.1, 0.15) is 58.3 Å². The maximum atomic E-state index is 12.0. The summed E-state index contributed by atoms with van der Waals surface area (Å²) in [7, 11) is 0. The van der Waals surface area contributed by atoms with Gasteiger partial charge in [0.15, 0.2) is 0 Å². The lowest BCUT2D eigenvalue weighted by Gasteiger charge is -2.55. The lowest BCUT2D eigenvalue weighted by atomic mass is 9.50. The Morgan fingerprint density at radius 1 is 1.19 bits per heavy atom. The molecule has 0 aromatic carbocycles. The molecule has 26 heavy (non-hydrogen) atoms. The van der Waals surface area contributed by atoms with Crippen LogP contribution < -0.4 is 0 Å². The molecule has 3 fully saturated rings. The fraction of sp³-hybridized carbons (Fsp3) is 0.727. The monoisotopic (exact) mass is 356 g/mol. The number of rotatable bonds is 1. The van der Waals surface area contributed by atoms with Crippen LogP contribution in [0.15, 0.2) is 23.3 Å². The van der Waals surface area contributed by atoms with Crippen LogP contribution in [0.4, 0.5) is 0 Å². The number of hydrogen-bond acceptors (Lipinski definition) is 4. The van der Waals surface area contributed by atoms with Gasteiger partial charge in [0.25, 0.3) is 0 Å². The van der Waals surface area contributed by atoms with Crippen LogP contribution >= 0.6 is 0 Å². The number of Topliss-reactive ketones (excluding diaryl/α,β-unsaturated/α-hetero) is 1. The van der Waals surface area contributed by atoms with Crippen molar-refractivity contribution in [2.75, 3.05) is 6.61 Å². The van der Waals surface area contributed by atoms with E-state index in [2.05, 4.69) is 6.92 Å². The van der Waals surface area contributed by atoms with Crippen molar-refractivity contribution in [3.05, 3.63) is 23.3 Å². The minimum absolute atomic E-state index is 0.000613. The summed E-state index contributed by atoms with van der Waals surface area (Å²) in [5, 5.41) is 10.0. The molecule has 4 heteroatoms. The summed E-state index contributed by atoms with van der Waals surface area (Å²) >= 11 is 0. The van der Waals surface area contributed by atoms with E-state index in [1.165, 1.54) is 5.57 Å². The molecule has 1 aliphatic heterocycles. The molecule has 0 unspecified atom stereocenters. The number of ketones is 1. The quantitative estimate of drug-likeness (QED) is 0.578. The Labute approximate surface area is 154 Å². The zero-order valence-electron chi connectivity index (χ0n) is 15.5. The highest BCUT2D eigenvalue weighted by molar-refractivity contribution is 5.85. The second kappa shape index (κ2) is 5.54. The van der Waals surface area contributed by atoms with Gasteiger partial charge < -0.3 is 9.84 Å². The minimum atomic E-state index is -0.411. The summed E-state index contributed by atoms with van der Waals surface area (Å²) < 4.78 is 5.88. The van der Waals surface area contributed by atoms with Crippen molar-refractivity contribution in [2.24, 2.45) is 29.1 Å². The van der Waals surface area contributed by atoms with Gasteiger partial charge in [-0.1, -0.05) is 12.5 Å². The standard InChI is InChI=1S/C22H28O4/c1-21-7-4-16-15-3-2-14(24)11-17(15)13(12-23)10-18(16)19(21)5-8-22(21)9-6-20(25)26-22/h6,9,15-16,18-19,23H,2-5,7-8,10-12H2,1H3/t15-,16-,18-,19+,21+,22-/m1/s1. The van der Waals surface area contributed by atoms with Gasteiger partial charge >= 0.3 is 5.97 Å². The van der Waals surface area contributed by atoms with E-state index in [1.54, 1.807) is 6.08 Å². The number of carbonyl (C=O) groups is 2. The van der Waals surface area contributed by atoms with Crippen molar-refractivity contribution in [1.29, 1.82) is 0 Å². The van der Waals surface area contributed by atoms with Gasteiger partial charge in [0, 0.05) is 24.3 Å². The fourth-order valence-corrected chi connectivity index (χ4v) is 7.40. The molecule has 0 amide bonds. The Balaban J connectivity index is 1.51. The maximum absolute atomic E-state index is 12.0. The highest BCUT2D eigenvalue weighted by Gasteiger charge is 2.64. The number of aliphatic hydroxyl groups excluding tert-OH is 1. The predicted molar refractivity (Wildman–Crippen MR) is 96.1 cm³/mol. The summed E-state index contributed by atoms with van der Waals surface area (Å²) in [5.41, 5.74) is 1.99. The number of aliphatic hydroxyl groups is 1. The zero-order valence-corrected chi connectivity index (χ0v) is 15.5. The van der Waals surface area contributed by atoms with Gasteiger partial charge in [-0.05, 0) is 73.8 Å². The molecule has 6 atom stereocenters. The van der Waals surface area contributed by atoms with Gasteiger partial charge in [0.2, 0.25) is 0 Å². The molecule has 4 aliphatic carbocycles. The molecule has 0 aromatic heterocycles. The van der Waals surface area contributed by atoms with Crippen molar-refractivity contribution in [1.82, 2.24) is 0 Å². The van der Waals surface area contributed by atoms with Gasteiger partial charge in [-0.15, -0.1) is 0 Å². The number of esters is 1. The van der Waals surface area contributed by atoms with Crippen LogP contribution in [0.5, 0.6) is 0 Å². The van der Waals surface area contributed by atoms with Gasteiger partial charge in [0.1, 0.15) is 11.4 Å². The van der Waals surface area contributed by atoms with Gasteiger partial charge in [-0.2, -0.15) is 0 Å². The molecule has 1 spiro atoms. The van der Waals surface area contributed by atoms with Crippen LogP contribution in [0, 0.1) is 29.1 Å². The number of ether oxygens (including phenoxy) is 1. The third kappa shape index (κ3) is 2.05. The first kappa shape index (κ1) is 16.7.